The summed E-state index contributed by atoms with van der Waals surface area (Å²) in [6.45, 7) is 0.574. The number of ether oxygens (including phenoxy) is 1. The number of carbonyl (C=O) groups is 1. The first kappa shape index (κ1) is 17.1. The van der Waals surface area contributed by atoms with Gasteiger partial charge in [0.05, 0.1) is 5.56 Å². The normalized spacial score (nSPS) is 11.3. The number of carbonyl (C=O) groups excluding carboxylic acids is 1. The van der Waals surface area contributed by atoms with E-state index in [0.29, 0.717) is 5.13 Å². The van der Waals surface area contributed by atoms with Crippen LogP contribution in [-0.2, 0) is 6.42 Å². The van der Waals surface area contributed by atoms with Gasteiger partial charge in [-0.1, -0.05) is 18.3 Å². The van der Waals surface area contributed by atoms with Crippen molar-refractivity contribution in [3.63, 3.8) is 0 Å². The van der Waals surface area contributed by atoms with E-state index in [4.69, 9.17) is 0 Å². The van der Waals surface area contributed by atoms with E-state index in [1.165, 1.54) is 23.5 Å². The van der Waals surface area contributed by atoms with E-state index in [2.05, 4.69) is 25.2 Å². The van der Waals surface area contributed by atoms with Crippen molar-refractivity contribution in [3.8, 4) is 5.88 Å². The third-order valence-corrected chi connectivity index (χ3v) is 3.43. The van der Waals surface area contributed by atoms with Crippen LogP contribution >= 0.6 is 11.3 Å². The van der Waals surface area contributed by atoms with Crippen molar-refractivity contribution in [2.24, 2.45) is 0 Å². The SMILES string of the molecule is CCCc1nnc(NC(=O)c2ccc(OCC(F)(F)F)nc2)s1. The second-order valence-electron chi connectivity index (χ2n) is 4.49. The maximum atomic E-state index is 12.0. The molecule has 2 heterocycles. The average Bonchev–Trinajstić information content (AvgIpc) is 2.92. The summed E-state index contributed by atoms with van der Waals surface area (Å²) in [4.78, 5) is 15.6. The van der Waals surface area contributed by atoms with Gasteiger partial charge < -0.3 is 4.74 Å². The average molecular weight is 346 g/mol. The summed E-state index contributed by atoms with van der Waals surface area (Å²) in [6.07, 6.45) is -1.60. The summed E-state index contributed by atoms with van der Waals surface area (Å²) in [5.41, 5.74) is 0.177. The molecular formula is C13H13F3N4O2S. The zero-order valence-corrected chi connectivity index (χ0v) is 12.9. The molecule has 0 aliphatic carbocycles. The molecule has 1 amide bonds. The van der Waals surface area contributed by atoms with E-state index in [0.717, 1.165) is 24.0 Å². The fraction of sp³-hybridized carbons (Fsp3) is 0.385. The molecule has 2 aromatic heterocycles. The van der Waals surface area contributed by atoms with Gasteiger partial charge in [-0.25, -0.2) is 4.98 Å². The third kappa shape index (κ3) is 5.47. The molecule has 6 nitrogen and oxygen atoms in total. The van der Waals surface area contributed by atoms with E-state index in [1.54, 1.807) is 0 Å². The molecule has 0 saturated heterocycles. The molecule has 0 atom stereocenters. The maximum Gasteiger partial charge on any atom is 0.422 e. The van der Waals surface area contributed by atoms with Crippen LogP contribution in [0.5, 0.6) is 5.88 Å². The molecule has 0 unspecified atom stereocenters. The number of nitrogens with one attached hydrogen (secondary N) is 1. The zero-order valence-electron chi connectivity index (χ0n) is 12.1. The topological polar surface area (TPSA) is 77.0 Å². The number of amides is 1. The highest BCUT2D eigenvalue weighted by atomic mass is 32.1. The Morgan fingerprint density at radius 1 is 1.35 bits per heavy atom. The van der Waals surface area contributed by atoms with Gasteiger partial charge in [-0.3, -0.25) is 10.1 Å². The Labute approximate surface area is 133 Å². The fourth-order valence-corrected chi connectivity index (χ4v) is 2.38. The zero-order chi connectivity index (χ0) is 16.9. The summed E-state index contributed by atoms with van der Waals surface area (Å²) in [7, 11) is 0. The number of halogens is 3. The Morgan fingerprint density at radius 3 is 2.74 bits per heavy atom. The lowest BCUT2D eigenvalue weighted by atomic mass is 10.3. The Morgan fingerprint density at radius 2 is 2.13 bits per heavy atom. The predicted octanol–water partition coefficient (Wildman–Crippen LogP) is 3.08. The molecule has 124 valence electrons. The first-order chi connectivity index (χ1) is 10.9. The van der Waals surface area contributed by atoms with E-state index in [1.807, 2.05) is 6.92 Å². The van der Waals surface area contributed by atoms with E-state index in [9.17, 15) is 18.0 Å². The van der Waals surface area contributed by atoms with Crippen LogP contribution in [0.15, 0.2) is 18.3 Å². The van der Waals surface area contributed by atoms with Gasteiger partial charge in [0.25, 0.3) is 5.91 Å². The summed E-state index contributed by atoms with van der Waals surface area (Å²) in [6, 6.07) is 2.52. The number of pyridine rings is 1. The molecular weight excluding hydrogens is 333 g/mol. The van der Waals surface area contributed by atoms with Crippen LogP contribution in [0.25, 0.3) is 0 Å². The highest BCUT2D eigenvalue weighted by Gasteiger charge is 2.28. The molecule has 0 aliphatic rings. The molecule has 2 rings (SSSR count). The van der Waals surface area contributed by atoms with Crippen molar-refractivity contribution >= 4 is 22.4 Å². The maximum absolute atomic E-state index is 12.0. The van der Waals surface area contributed by atoms with Gasteiger partial charge in [0.15, 0.2) is 6.61 Å². The number of rotatable bonds is 6. The van der Waals surface area contributed by atoms with Gasteiger partial charge in [-0.15, -0.1) is 10.2 Å². The molecule has 23 heavy (non-hydrogen) atoms. The lowest BCUT2D eigenvalue weighted by molar-refractivity contribution is -0.154. The van der Waals surface area contributed by atoms with E-state index < -0.39 is 18.7 Å². The third-order valence-electron chi connectivity index (χ3n) is 2.53. The standard InChI is InChI=1S/C13H13F3N4O2S/c1-2-3-10-19-20-12(23-10)18-11(21)8-4-5-9(17-6-8)22-7-13(14,15)16/h4-6H,2-3,7H2,1H3,(H,18,20,21). The predicted molar refractivity (Wildman–Crippen MR) is 77.6 cm³/mol. The monoisotopic (exact) mass is 346 g/mol. The van der Waals surface area contributed by atoms with Crippen LogP contribution in [0.4, 0.5) is 18.3 Å². The molecule has 0 bridgehead atoms. The largest absolute Gasteiger partial charge is 0.468 e. The van der Waals surface area contributed by atoms with Crippen molar-refractivity contribution in [1.82, 2.24) is 15.2 Å². The molecule has 0 aromatic carbocycles. The first-order valence-electron chi connectivity index (χ1n) is 6.66. The van der Waals surface area contributed by atoms with Crippen molar-refractivity contribution < 1.29 is 22.7 Å². The molecule has 0 saturated carbocycles. The fourth-order valence-electron chi connectivity index (χ4n) is 1.54. The molecule has 2 aromatic rings. The number of aromatic nitrogens is 3. The van der Waals surface area contributed by atoms with Crippen molar-refractivity contribution in [2.75, 3.05) is 11.9 Å². The number of hydrogen-bond donors (Lipinski definition) is 1. The second kappa shape index (κ2) is 7.36. The summed E-state index contributed by atoms with van der Waals surface area (Å²) in [5, 5.41) is 11.5. The van der Waals surface area contributed by atoms with E-state index >= 15 is 0 Å². The summed E-state index contributed by atoms with van der Waals surface area (Å²) >= 11 is 1.27. The second-order valence-corrected chi connectivity index (χ2v) is 5.56. The lowest BCUT2D eigenvalue weighted by Gasteiger charge is -2.08. The van der Waals surface area contributed by atoms with Gasteiger partial charge in [0.1, 0.15) is 5.01 Å². The van der Waals surface area contributed by atoms with Crippen LogP contribution in [0.3, 0.4) is 0 Å². The highest BCUT2D eigenvalue weighted by Crippen LogP contribution is 2.19. The number of aryl methyl sites for hydroxylation is 1. The Bertz CT molecular complexity index is 658. The Balaban J connectivity index is 1.94. The minimum atomic E-state index is -4.44. The summed E-state index contributed by atoms with van der Waals surface area (Å²) in [5.74, 6) is -0.681. The molecule has 0 radical (unpaired) electrons. The molecule has 0 spiro atoms. The number of alkyl halides is 3. The van der Waals surface area contributed by atoms with Crippen molar-refractivity contribution in [3.05, 3.63) is 28.9 Å². The van der Waals surface area contributed by atoms with Crippen LogP contribution in [-0.4, -0.2) is 33.9 Å². The van der Waals surface area contributed by atoms with Crippen LogP contribution in [0.2, 0.25) is 0 Å². The molecule has 0 aliphatic heterocycles. The number of hydrogen-bond acceptors (Lipinski definition) is 6. The van der Waals surface area contributed by atoms with Crippen LogP contribution < -0.4 is 10.1 Å². The van der Waals surface area contributed by atoms with Gasteiger partial charge in [0.2, 0.25) is 11.0 Å². The first-order valence-corrected chi connectivity index (χ1v) is 7.48. The minimum Gasteiger partial charge on any atom is -0.468 e. The number of nitrogens with zero attached hydrogens (tertiary/aromatic N) is 3. The molecule has 0 fully saturated rings. The molecule has 1 N–H and O–H groups in total. The van der Waals surface area contributed by atoms with Crippen LogP contribution in [0, 0.1) is 0 Å². The Kier molecular flexibility index (Phi) is 5.48. The van der Waals surface area contributed by atoms with Gasteiger partial charge in [0, 0.05) is 18.7 Å². The van der Waals surface area contributed by atoms with Gasteiger partial charge in [-0.05, 0) is 12.5 Å². The highest BCUT2D eigenvalue weighted by molar-refractivity contribution is 7.15. The number of anilines is 1. The quantitative estimate of drug-likeness (QED) is 0.870. The van der Waals surface area contributed by atoms with Gasteiger partial charge >= 0.3 is 6.18 Å². The van der Waals surface area contributed by atoms with Crippen molar-refractivity contribution in [2.45, 2.75) is 25.9 Å². The van der Waals surface area contributed by atoms with Crippen molar-refractivity contribution in [1.29, 1.82) is 0 Å². The summed E-state index contributed by atoms with van der Waals surface area (Å²) < 4.78 is 40.5. The lowest BCUT2D eigenvalue weighted by Crippen LogP contribution is -2.19. The van der Waals surface area contributed by atoms with E-state index in [-0.39, 0.29) is 11.4 Å². The Hall–Kier alpha value is -2.23. The van der Waals surface area contributed by atoms with Crippen LogP contribution in [0.1, 0.15) is 28.7 Å². The smallest absolute Gasteiger partial charge is 0.422 e. The minimum absolute atomic E-state index is 0.177. The van der Waals surface area contributed by atoms with Gasteiger partial charge in [-0.2, -0.15) is 13.2 Å². The molecule has 10 heteroatoms.